The standard InChI is InChI=1S/C20H16BrCl4NO4/c1-10(8-26)18(30-20(28)14-5-3-12(23)7-17(14)25)15(21)9-29-19(27)13-4-2-11(22)6-16(13)24/h2-8,10,15,18,26H,9H2,1H3/t10-,15+,18?/m1/s1. The number of hydrogen-bond acceptors (Lipinski definition) is 5. The van der Waals surface area contributed by atoms with Gasteiger partial charge in [-0.3, -0.25) is 0 Å². The summed E-state index contributed by atoms with van der Waals surface area (Å²) in [5.74, 6) is -1.82. The number of carbonyl (C=O) groups excluding carboxylic acids is 2. The molecule has 0 saturated heterocycles. The highest BCUT2D eigenvalue weighted by Gasteiger charge is 2.30. The van der Waals surface area contributed by atoms with Gasteiger partial charge in [0.05, 0.1) is 26.0 Å². The third kappa shape index (κ3) is 6.59. The monoisotopic (exact) mass is 553 g/mol. The SMILES string of the molecule is C[C@H](C=N)C(OC(=O)c1ccc(Cl)cc1Cl)[C@@H](Br)COC(=O)c1ccc(Cl)cc1Cl. The molecule has 0 spiro atoms. The second-order valence-corrected chi connectivity index (χ2v) is 9.12. The van der Waals surface area contributed by atoms with Crippen molar-refractivity contribution in [3.8, 4) is 0 Å². The largest absolute Gasteiger partial charge is 0.461 e. The predicted octanol–water partition coefficient (Wildman–Crippen LogP) is 6.73. The highest BCUT2D eigenvalue weighted by atomic mass is 79.9. The van der Waals surface area contributed by atoms with Crippen LogP contribution < -0.4 is 0 Å². The van der Waals surface area contributed by atoms with Crippen LogP contribution in [0.5, 0.6) is 0 Å². The van der Waals surface area contributed by atoms with Crippen molar-refractivity contribution in [1.82, 2.24) is 0 Å². The summed E-state index contributed by atoms with van der Waals surface area (Å²) in [5, 5.41) is 8.61. The van der Waals surface area contributed by atoms with Crippen molar-refractivity contribution in [2.45, 2.75) is 17.9 Å². The second-order valence-electron chi connectivity index (χ2n) is 6.26. The van der Waals surface area contributed by atoms with Crippen molar-refractivity contribution in [2.24, 2.45) is 5.92 Å². The van der Waals surface area contributed by atoms with E-state index >= 15 is 0 Å². The quantitative estimate of drug-likeness (QED) is 0.222. The number of nitrogens with one attached hydrogen (secondary N) is 1. The zero-order chi connectivity index (χ0) is 22.4. The van der Waals surface area contributed by atoms with E-state index in [-0.39, 0.29) is 27.8 Å². The molecule has 30 heavy (non-hydrogen) atoms. The lowest BCUT2D eigenvalue weighted by Crippen LogP contribution is -2.37. The van der Waals surface area contributed by atoms with Crippen molar-refractivity contribution in [3.63, 3.8) is 0 Å². The van der Waals surface area contributed by atoms with Gasteiger partial charge in [-0.15, -0.1) is 0 Å². The van der Waals surface area contributed by atoms with Crippen LogP contribution >= 0.6 is 62.3 Å². The minimum Gasteiger partial charge on any atom is -0.461 e. The van der Waals surface area contributed by atoms with Gasteiger partial charge in [-0.1, -0.05) is 69.3 Å². The van der Waals surface area contributed by atoms with Crippen molar-refractivity contribution >= 4 is 80.5 Å². The molecule has 0 fully saturated rings. The van der Waals surface area contributed by atoms with Gasteiger partial charge in [-0.05, 0) is 36.4 Å². The fraction of sp³-hybridized carbons (Fsp3) is 0.250. The third-order valence-electron chi connectivity index (χ3n) is 4.06. The van der Waals surface area contributed by atoms with Gasteiger partial charge < -0.3 is 14.9 Å². The van der Waals surface area contributed by atoms with Gasteiger partial charge in [0.25, 0.3) is 0 Å². The van der Waals surface area contributed by atoms with E-state index in [1.54, 1.807) is 6.92 Å². The number of benzene rings is 2. The molecular formula is C20H16BrCl4NO4. The Labute approximate surface area is 202 Å². The van der Waals surface area contributed by atoms with E-state index in [1.165, 1.54) is 36.4 Å². The summed E-state index contributed by atoms with van der Waals surface area (Å²) in [4.78, 5) is 24.3. The minimum absolute atomic E-state index is 0.132. The lowest BCUT2D eigenvalue weighted by Gasteiger charge is -2.26. The van der Waals surface area contributed by atoms with Crippen LogP contribution in [0.4, 0.5) is 0 Å². The summed E-state index contributed by atoms with van der Waals surface area (Å²) in [6, 6.07) is 8.80. The number of rotatable bonds is 8. The topological polar surface area (TPSA) is 76.4 Å². The normalized spacial score (nSPS) is 13.8. The molecule has 0 heterocycles. The number of halogens is 5. The molecule has 0 bridgehead atoms. The Kier molecular flexibility index (Phi) is 9.44. The summed E-state index contributed by atoms with van der Waals surface area (Å²) in [7, 11) is 0. The van der Waals surface area contributed by atoms with Crippen molar-refractivity contribution in [1.29, 1.82) is 5.41 Å². The van der Waals surface area contributed by atoms with E-state index in [0.29, 0.717) is 10.0 Å². The summed E-state index contributed by atoms with van der Waals surface area (Å²) < 4.78 is 10.8. The number of esters is 2. The van der Waals surface area contributed by atoms with Crippen molar-refractivity contribution < 1.29 is 19.1 Å². The molecule has 2 rings (SSSR count). The van der Waals surface area contributed by atoms with Crippen LogP contribution in [0.25, 0.3) is 0 Å². The Hall–Kier alpha value is -1.31. The lowest BCUT2D eigenvalue weighted by atomic mass is 10.0. The van der Waals surface area contributed by atoms with Gasteiger partial charge >= 0.3 is 11.9 Å². The molecule has 0 aromatic heterocycles. The first-order valence-electron chi connectivity index (χ1n) is 8.57. The van der Waals surface area contributed by atoms with Crippen LogP contribution in [0.3, 0.4) is 0 Å². The maximum Gasteiger partial charge on any atom is 0.339 e. The maximum atomic E-state index is 12.6. The first-order valence-corrected chi connectivity index (χ1v) is 11.0. The fourth-order valence-electron chi connectivity index (χ4n) is 2.43. The molecule has 0 radical (unpaired) electrons. The van der Waals surface area contributed by atoms with E-state index in [9.17, 15) is 9.59 Å². The van der Waals surface area contributed by atoms with Gasteiger partial charge in [0.2, 0.25) is 0 Å². The smallest absolute Gasteiger partial charge is 0.339 e. The highest BCUT2D eigenvalue weighted by Crippen LogP contribution is 2.26. The molecule has 10 heteroatoms. The molecule has 1 unspecified atom stereocenters. The summed E-state index contributed by atoms with van der Waals surface area (Å²) in [5.41, 5.74) is 0.287. The maximum absolute atomic E-state index is 12.6. The van der Waals surface area contributed by atoms with Gasteiger partial charge in [-0.25, -0.2) is 9.59 Å². The number of hydrogen-bond donors (Lipinski definition) is 1. The van der Waals surface area contributed by atoms with Crippen LogP contribution in [-0.2, 0) is 9.47 Å². The third-order valence-corrected chi connectivity index (χ3v) is 5.94. The molecule has 160 valence electrons. The van der Waals surface area contributed by atoms with Crippen LogP contribution in [-0.4, -0.2) is 35.7 Å². The molecule has 2 aromatic rings. The zero-order valence-electron chi connectivity index (χ0n) is 15.5. The number of carbonyl (C=O) groups is 2. The summed E-state index contributed by atoms with van der Waals surface area (Å²) in [6.45, 7) is 1.56. The minimum atomic E-state index is -0.810. The molecule has 1 N–H and O–H groups in total. The molecule has 3 atom stereocenters. The predicted molar refractivity (Wildman–Crippen MR) is 123 cm³/mol. The van der Waals surface area contributed by atoms with Gasteiger partial charge in [-0.2, -0.15) is 0 Å². The second kappa shape index (κ2) is 11.3. The fourth-order valence-corrected chi connectivity index (χ4v) is 4.12. The first-order chi connectivity index (χ1) is 14.1. The highest BCUT2D eigenvalue weighted by molar-refractivity contribution is 9.09. The average molecular weight is 556 g/mol. The van der Waals surface area contributed by atoms with E-state index < -0.39 is 28.8 Å². The van der Waals surface area contributed by atoms with Crippen LogP contribution in [0.2, 0.25) is 20.1 Å². The Bertz CT molecular complexity index is 956. The summed E-state index contributed by atoms with van der Waals surface area (Å²) in [6.07, 6.45) is 0.323. The molecule has 0 aliphatic rings. The molecule has 0 aliphatic carbocycles. The Balaban J connectivity index is 2.09. The van der Waals surface area contributed by atoms with Gasteiger partial charge in [0.1, 0.15) is 12.7 Å². The average Bonchev–Trinajstić information content (AvgIpc) is 2.69. The molecule has 0 amide bonds. The Morgan fingerprint density at radius 2 is 1.50 bits per heavy atom. The number of ether oxygens (including phenoxy) is 2. The molecule has 5 nitrogen and oxygen atoms in total. The van der Waals surface area contributed by atoms with Crippen molar-refractivity contribution in [2.75, 3.05) is 6.61 Å². The molecule has 2 aromatic carbocycles. The van der Waals surface area contributed by atoms with Crippen LogP contribution in [0, 0.1) is 11.3 Å². The van der Waals surface area contributed by atoms with Gasteiger partial charge in [0, 0.05) is 22.2 Å². The van der Waals surface area contributed by atoms with Gasteiger partial charge in [0.15, 0.2) is 0 Å². The Morgan fingerprint density at radius 1 is 1.00 bits per heavy atom. The van der Waals surface area contributed by atoms with E-state index in [2.05, 4.69) is 15.9 Å². The lowest BCUT2D eigenvalue weighted by molar-refractivity contribution is 0.0151. The van der Waals surface area contributed by atoms with Crippen molar-refractivity contribution in [3.05, 3.63) is 67.6 Å². The molecule has 0 aliphatic heterocycles. The van der Waals surface area contributed by atoms with E-state index in [4.69, 9.17) is 61.3 Å². The molecular weight excluding hydrogens is 540 g/mol. The Morgan fingerprint density at radius 3 is 1.97 bits per heavy atom. The van der Waals surface area contributed by atoms with Crippen LogP contribution in [0.15, 0.2) is 36.4 Å². The number of alkyl halides is 1. The zero-order valence-corrected chi connectivity index (χ0v) is 20.1. The molecule has 0 saturated carbocycles. The summed E-state index contributed by atoms with van der Waals surface area (Å²) >= 11 is 27.1. The van der Waals surface area contributed by atoms with E-state index in [1.807, 2.05) is 0 Å². The van der Waals surface area contributed by atoms with Crippen LogP contribution in [0.1, 0.15) is 27.6 Å². The van der Waals surface area contributed by atoms with E-state index in [0.717, 1.165) is 6.21 Å². The first kappa shape index (κ1) is 25.0.